The quantitative estimate of drug-likeness (QED) is 0.833. The molecule has 5 nitrogen and oxygen atoms in total. The molecule has 0 unspecified atom stereocenters. The largest absolute Gasteiger partial charge is 0.491 e. The Morgan fingerprint density at radius 2 is 2.08 bits per heavy atom. The minimum atomic E-state index is -0.890. The van der Waals surface area contributed by atoms with Crippen molar-refractivity contribution in [3.63, 3.8) is 0 Å². The van der Waals surface area contributed by atoms with Crippen molar-refractivity contribution in [1.29, 1.82) is 0 Å². The highest BCUT2D eigenvalue weighted by Crippen LogP contribution is 2.42. The fraction of sp³-hybridized carbons (Fsp3) is 0.400. The van der Waals surface area contributed by atoms with E-state index in [2.05, 4.69) is 5.32 Å². The van der Waals surface area contributed by atoms with Gasteiger partial charge in [-0.15, -0.1) is 11.3 Å². The van der Waals surface area contributed by atoms with Gasteiger partial charge in [-0.25, -0.2) is 4.79 Å². The summed E-state index contributed by atoms with van der Waals surface area (Å²) in [6.07, 6.45) is 2.56. The molecule has 3 amide bonds. The zero-order valence-electron chi connectivity index (χ0n) is 15.0. The van der Waals surface area contributed by atoms with Gasteiger partial charge in [-0.05, 0) is 50.6 Å². The molecule has 26 heavy (non-hydrogen) atoms. The number of benzene rings is 1. The summed E-state index contributed by atoms with van der Waals surface area (Å²) in [5.74, 6) is 0.560. The lowest BCUT2D eigenvalue weighted by atomic mass is 9.80. The molecule has 1 saturated heterocycles. The van der Waals surface area contributed by atoms with Crippen LogP contribution in [0.4, 0.5) is 4.79 Å². The van der Waals surface area contributed by atoms with Crippen LogP contribution in [0.25, 0.3) is 0 Å². The fourth-order valence-corrected chi connectivity index (χ4v) is 4.86. The minimum absolute atomic E-state index is 0.0253. The normalized spacial score (nSPS) is 22.0. The Balaban J connectivity index is 1.65. The first-order valence-electron chi connectivity index (χ1n) is 8.97. The summed E-state index contributed by atoms with van der Waals surface area (Å²) in [6, 6.07) is 9.23. The van der Waals surface area contributed by atoms with Crippen molar-refractivity contribution in [1.82, 2.24) is 10.2 Å². The number of fused-ring (bicyclic) bond motifs is 2. The monoisotopic (exact) mass is 370 g/mol. The van der Waals surface area contributed by atoms with E-state index < -0.39 is 5.54 Å². The molecule has 4 rings (SSSR count). The molecule has 1 spiro atoms. The number of amides is 3. The molecule has 1 aliphatic carbocycles. The molecule has 1 atom stereocenters. The highest BCUT2D eigenvalue weighted by molar-refractivity contribution is 7.10. The van der Waals surface area contributed by atoms with Crippen LogP contribution in [0, 0.1) is 0 Å². The predicted molar refractivity (Wildman–Crippen MR) is 100 cm³/mol. The van der Waals surface area contributed by atoms with Gasteiger partial charge in [0.15, 0.2) is 0 Å². The number of urea groups is 1. The van der Waals surface area contributed by atoms with Gasteiger partial charge >= 0.3 is 6.03 Å². The van der Waals surface area contributed by atoms with Crippen molar-refractivity contribution in [2.75, 3.05) is 0 Å². The summed E-state index contributed by atoms with van der Waals surface area (Å²) in [4.78, 5) is 28.5. The molecule has 0 bridgehead atoms. The Kier molecular flexibility index (Phi) is 4.23. The van der Waals surface area contributed by atoms with Crippen molar-refractivity contribution in [3.05, 3.63) is 51.7 Å². The lowest BCUT2D eigenvalue weighted by molar-refractivity contribution is -0.132. The number of thiophene rings is 1. The van der Waals surface area contributed by atoms with Crippen LogP contribution in [-0.4, -0.2) is 22.9 Å². The number of nitrogens with zero attached hydrogens (tertiary/aromatic N) is 1. The first kappa shape index (κ1) is 17.1. The number of aryl methyl sites for hydroxylation is 1. The average Bonchev–Trinajstić information content (AvgIpc) is 3.17. The molecule has 1 aromatic carbocycles. The van der Waals surface area contributed by atoms with Crippen molar-refractivity contribution in [2.24, 2.45) is 0 Å². The van der Waals surface area contributed by atoms with Crippen LogP contribution in [0.2, 0.25) is 0 Å². The molecule has 2 aromatic rings. The van der Waals surface area contributed by atoms with Gasteiger partial charge in [0, 0.05) is 16.0 Å². The standard InChI is InChI=1S/C20H22N2O3S/c1-13(2)25-16-7-4-3-6-14(16)12-22-18(23)20(21-19(22)24)10-5-8-17-15(20)9-11-26-17/h3-4,6-7,9,11,13H,5,8,10,12H2,1-2H3,(H,21,24)/t20-/m1/s1. The molecular formula is C20H22N2O3S. The van der Waals surface area contributed by atoms with Gasteiger partial charge in [0.05, 0.1) is 12.6 Å². The van der Waals surface area contributed by atoms with Crippen LogP contribution >= 0.6 is 11.3 Å². The van der Waals surface area contributed by atoms with E-state index in [4.69, 9.17) is 4.74 Å². The van der Waals surface area contributed by atoms with Gasteiger partial charge in [-0.3, -0.25) is 9.69 Å². The van der Waals surface area contributed by atoms with Crippen LogP contribution in [0.3, 0.4) is 0 Å². The van der Waals surface area contributed by atoms with E-state index in [9.17, 15) is 9.59 Å². The Morgan fingerprint density at radius 1 is 1.27 bits per heavy atom. The third kappa shape index (κ3) is 2.69. The van der Waals surface area contributed by atoms with Gasteiger partial charge in [0.2, 0.25) is 0 Å². The van der Waals surface area contributed by atoms with E-state index >= 15 is 0 Å². The Hall–Kier alpha value is -2.34. The number of ether oxygens (including phenoxy) is 1. The van der Waals surface area contributed by atoms with Crippen molar-refractivity contribution in [2.45, 2.75) is 51.3 Å². The second kappa shape index (κ2) is 6.43. The number of carbonyl (C=O) groups excluding carboxylic acids is 2. The van der Waals surface area contributed by atoms with Crippen molar-refractivity contribution < 1.29 is 14.3 Å². The van der Waals surface area contributed by atoms with Gasteiger partial charge in [-0.2, -0.15) is 0 Å². The smallest absolute Gasteiger partial charge is 0.325 e. The fourth-order valence-electron chi connectivity index (χ4n) is 3.86. The first-order valence-corrected chi connectivity index (χ1v) is 9.85. The summed E-state index contributed by atoms with van der Waals surface area (Å²) >= 11 is 1.66. The SMILES string of the molecule is CC(C)Oc1ccccc1CN1C(=O)N[C@@]2(CCCc3sccc32)C1=O. The molecule has 1 aromatic heterocycles. The predicted octanol–water partition coefficient (Wildman–Crippen LogP) is 3.82. The van der Waals surface area contributed by atoms with E-state index in [-0.39, 0.29) is 24.6 Å². The summed E-state index contributed by atoms with van der Waals surface area (Å²) in [5.41, 5.74) is 0.919. The number of imide groups is 1. The van der Waals surface area contributed by atoms with Gasteiger partial charge in [0.25, 0.3) is 5.91 Å². The summed E-state index contributed by atoms with van der Waals surface area (Å²) in [7, 11) is 0. The molecule has 1 N–H and O–H groups in total. The number of nitrogens with one attached hydrogen (secondary N) is 1. The molecule has 136 valence electrons. The molecule has 6 heteroatoms. The maximum absolute atomic E-state index is 13.3. The van der Waals surface area contributed by atoms with Crippen LogP contribution < -0.4 is 10.1 Å². The third-order valence-corrected chi connectivity index (χ3v) is 5.98. The van der Waals surface area contributed by atoms with E-state index in [0.29, 0.717) is 12.2 Å². The summed E-state index contributed by atoms with van der Waals surface area (Å²) < 4.78 is 5.84. The number of hydrogen-bond acceptors (Lipinski definition) is 4. The van der Waals surface area contributed by atoms with Gasteiger partial charge in [-0.1, -0.05) is 18.2 Å². The maximum Gasteiger partial charge on any atom is 0.325 e. The number of rotatable bonds is 4. The van der Waals surface area contributed by atoms with Crippen molar-refractivity contribution >= 4 is 23.3 Å². The highest BCUT2D eigenvalue weighted by Gasteiger charge is 2.54. The van der Waals surface area contributed by atoms with Crippen LogP contribution in [0.5, 0.6) is 5.75 Å². The lowest BCUT2D eigenvalue weighted by Gasteiger charge is -2.31. The molecule has 2 heterocycles. The molecule has 1 aliphatic heterocycles. The number of carbonyl (C=O) groups is 2. The van der Waals surface area contributed by atoms with Crippen molar-refractivity contribution in [3.8, 4) is 5.75 Å². The van der Waals surface area contributed by atoms with Crippen LogP contribution in [0.15, 0.2) is 35.7 Å². The van der Waals surface area contributed by atoms with E-state index in [1.54, 1.807) is 11.3 Å². The summed E-state index contributed by atoms with van der Waals surface area (Å²) in [6.45, 7) is 4.13. The van der Waals surface area contributed by atoms with E-state index in [1.165, 1.54) is 9.78 Å². The molecule has 0 saturated carbocycles. The zero-order chi connectivity index (χ0) is 18.3. The topological polar surface area (TPSA) is 58.6 Å². The molecule has 2 aliphatic rings. The molecule has 0 radical (unpaired) electrons. The highest BCUT2D eigenvalue weighted by atomic mass is 32.1. The minimum Gasteiger partial charge on any atom is -0.491 e. The second-order valence-electron chi connectivity index (χ2n) is 7.11. The third-order valence-electron chi connectivity index (χ3n) is 5.00. The molecule has 1 fully saturated rings. The van der Waals surface area contributed by atoms with Crippen LogP contribution in [0.1, 0.15) is 42.7 Å². The molecular weight excluding hydrogens is 348 g/mol. The average molecular weight is 370 g/mol. The lowest BCUT2D eigenvalue weighted by Crippen LogP contribution is -2.46. The number of hydrogen-bond donors (Lipinski definition) is 1. The Bertz CT molecular complexity index is 860. The zero-order valence-corrected chi connectivity index (χ0v) is 15.8. The first-order chi connectivity index (χ1) is 12.5. The van der Waals surface area contributed by atoms with Crippen LogP contribution in [-0.2, 0) is 23.3 Å². The summed E-state index contributed by atoms with van der Waals surface area (Å²) in [5, 5.41) is 5.00. The Morgan fingerprint density at radius 3 is 2.88 bits per heavy atom. The van der Waals surface area contributed by atoms with Gasteiger partial charge < -0.3 is 10.1 Å². The van der Waals surface area contributed by atoms with Gasteiger partial charge in [0.1, 0.15) is 11.3 Å². The second-order valence-corrected chi connectivity index (χ2v) is 8.11. The maximum atomic E-state index is 13.3. The van der Waals surface area contributed by atoms with E-state index in [0.717, 1.165) is 24.0 Å². The number of para-hydroxylation sites is 1. The Labute approximate surface area is 157 Å². The van der Waals surface area contributed by atoms with E-state index in [1.807, 2.05) is 49.6 Å².